The molecule has 5 rings (SSSR count). The van der Waals surface area contributed by atoms with Crippen LogP contribution in [0.4, 0.5) is 4.79 Å². The Bertz CT molecular complexity index is 1350. The van der Waals surface area contributed by atoms with E-state index in [0.29, 0.717) is 0 Å². The van der Waals surface area contributed by atoms with Gasteiger partial charge in [-0.3, -0.25) is 4.98 Å². The van der Waals surface area contributed by atoms with Crippen molar-refractivity contribution in [2.24, 2.45) is 0 Å². The number of aryl methyl sites for hydroxylation is 1. The van der Waals surface area contributed by atoms with E-state index < -0.39 is 18.1 Å². The Morgan fingerprint density at radius 1 is 0.971 bits per heavy atom. The molecule has 0 unspecified atom stereocenters. The average Bonchev–Trinajstić information content (AvgIpc) is 3.16. The molecule has 0 bridgehead atoms. The molecule has 0 aliphatic heterocycles. The highest BCUT2D eigenvalue weighted by Crippen LogP contribution is 2.44. The molecule has 0 spiro atoms. The van der Waals surface area contributed by atoms with Gasteiger partial charge in [0.25, 0.3) is 0 Å². The van der Waals surface area contributed by atoms with E-state index in [2.05, 4.69) is 22.4 Å². The molecule has 4 aromatic rings. The van der Waals surface area contributed by atoms with Crippen molar-refractivity contribution in [3.8, 4) is 11.1 Å². The predicted octanol–water partition coefficient (Wildman–Crippen LogP) is 5.08. The van der Waals surface area contributed by atoms with Crippen molar-refractivity contribution >= 4 is 23.0 Å². The zero-order valence-corrected chi connectivity index (χ0v) is 18.7. The fraction of sp³-hybridized carbons (Fsp3) is 0.179. The van der Waals surface area contributed by atoms with Gasteiger partial charge in [-0.2, -0.15) is 0 Å². The number of ether oxygens (including phenoxy) is 1. The summed E-state index contributed by atoms with van der Waals surface area (Å²) >= 11 is 0. The molecule has 1 heterocycles. The predicted molar refractivity (Wildman–Crippen MR) is 130 cm³/mol. The lowest BCUT2D eigenvalue weighted by molar-refractivity contribution is -0.139. The van der Waals surface area contributed by atoms with Gasteiger partial charge in [-0.25, -0.2) is 9.59 Å². The van der Waals surface area contributed by atoms with Crippen molar-refractivity contribution in [3.63, 3.8) is 0 Å². The highest BCUT2D eigenvalue weighted by atomic mass is 16.5. The number of pyridine rings is 1. The maximum Gasteiger partial charge on any atom is 0.407 e. The average molecular weight is 453 g/mol. The molecule has 1 aliphatic rings. The summed E-state index contributed by atoms with van der Waals surface area (Å²) in [4.78, 5) is 28.9. The van der Waals surface area contributed by atoms with Gasteiger partial charge in [-0.05, 0) is 52.9 Å². The van der Waals surface area contributed by atoms with Crippen molar-refractivity contribution in [2.45, 2.75) is 25.3 Å². The Labute approximate surface area is 197 Å². The summed E-state index contributed by atoms with van der Waals surface area (Å²) in [7, 11) is 0. The van der Waals surface area contributed by atoms with E-state index in [1.54, 1.807) is 0 Å². The molecule has 0 saturated carbocycles. The first-order chi connectivity index (χ1) is 16.5. The maximum atomic E-state index is 12.6. The first kappa shape index (κ1) is 21.6. The minimum Gasteiger partial charge on any atom is -0.480 e. The summed E-state index contributed by atoms with van der Waals surface area (Å²) in [5, 5.41) is 13.1. The molecule has 34 heavy (non-hydrogen) atoms. The summed E-state index contributed by atoms with van der Waals surface area (Å²) in [5.41, 5.74) is 7.04. The number of carbonyl (C=O) groups is 2. The third kappa shape index (κ3) is 4.22. The number of carboxylic acids is 1. The quantitative estimate of drug-likeness (QED) is 0.426. The molecule has 0 radical (unpaired) electrons. The van der Waals surface area contributed by atoms with Crippen LogP contribution < -0.4 is 5.32 Å². The van der Waals surface area contributed by atoms with Crippen LogP contribution in [0, 0.1) is 6.92 Å². The number of carboxylic acid groups (broad SMARTS) is 1. The third-order valence-corrected chi connectivity index (χ3v) is 6.27. The van der Waals surface area contributed by atoms with Crippen LogP contribution >= 0.6 is 0 Å². The van der Waals surface area contributed by atoms with E-state index >= 15 is 0 Å². The minimum absolute atomic E-state index is 0.0853. The van der Waals surface area contributed by atoms with Crippen LogP contribution in [0.1, 0.15) is 28.3 Å². The Hall–Kier alpha value is -4.19. The van der Waals surface area contributed by atoms with Crippen molar-refractivity contribution in [1.82, 2.24) is 10.3 Å². The Balaban J connectivity index is 1.27. The molecule has 6 heteroatoms. The number of amides is 1. The summed E-state index contributed by atoms with van der Waals surface area (Å²) in [6, 6.07) is 24.5. The molecule has 3 aromatic carbocycles. The number of rotatable bonds is 6. The number of carbonyl (C=O) groups excluding carboxylic acids is 1. The van der Waals surface area contributed by atoms with Gasteiger partial charge in [0.05, 0.1) is 5.52 Å². The lowest BCUT2D eigenvalue weighted by atomic mass is 9.98. The number of hydrogen-bond acceptors (Lipinski definition) is 4. The third-order valence-electron chi connectivity index (χ3n) is 6.27. The zero-order valence-electron chi connectivity index (χ0n) is 18.7. The molecule has 2 N–H and O–H groups in total. The lowest BCUT2D eigenvalue weighted by Crippen LogP contribution is -2.42. The van der Waals surface area contributed by atoms with E-state index in [4.69, 9.17) is 4.74 Å². The van der Waals surface area contributed by atoms with Crippen LogP contribution in [0.25, 0.3) is 22.0 Å². The van der Waals surface area contributed by atoms with Crippen LogP contribution in [0.3, 0.4) is 0 Å². The van der Waals surface area contributed by atoms with Crippen LogP contribution in [0.2, 0.25) is 0 Å². The van der Waals surface area contributed by atoms with Crippen LogP contribution in [0.5, 0.6) is 0 Å². The minimum atomic E-state index is -1.12. The molecular weight excluding hydrogens is 428 g/mol. The Kier molecular flexibility index (Phi) is 5.72. The second-order valence-corrected chi connectivity index (χ2v) is 8.54. The number of nitrogens with one attached hydrogen (secondary N) is 1. The van der Waals surface area contributed by atoms with Gasteiger partial charge in [-0.1, -0.05) is 60.7 Å². The van der Waals surface area contributed by atoms with Gasteiger partial charge < -0.3 is 15.2 Å². The van der Waals surface area contributed by atoms with E-state index in [1.807, 2.05) is 73.7 Å². The second-order valence-electron chi connectivity index (χ2n) is 8.54. The highest BCUT2D eigenvalue weighted by molar-refractivity contribution is 5.82. The van der Waals surface area contributed by atoms with Crippen LogP contribution in [-0.4, -0.2) is 34.8 Å². The monoisotopic (exact) mass is 452 g/mol. The standard InChI is InChI=1S/C28H24N2O4/c1-17-10-12-19-14-18(11-13-25(19)29-17)15-26(27(31)32)30-28(33)34-16-24-22-8-4-2-6-20(22)21-7-3-5-9-23(21)24/h2-14,24,26H,15-16H2,1H3,(H,30,33)(H,31,32)/t26-/m0/s1. The van der Waals surface area contributed by atoms with E-state index in [-0.39, 0.29) is 18.9 Å². The van der Waals surface area contributed by atoms with Gasteiger partial charge >= 0.3 is 12.1 Å². The van der Waals surface area contributed by atoms with E-state index in [0.717, 1.165) is 44.4 Å². The van der Waals surface area contributed by atoms with Gasteiger partial charge in [0.2, 0.25) is 0 Å². The topological polar surface area (TPSA) is 88.5 Å². The number of aromatic nitrogens is 1. The zero-order chi connectivity index (χ0) is 23.7. The number of alkyl carbamates (subject to hydrolysis) is 1. The molecule has 1 atom stereocenters. The molecular formula is C28H24N2O4. The highest BCUT2D eigenvalue weighted by Gasteiger charge is 2.29. The van der Waals surface area contributed by atoms with Gasteiger partial charge in [0.1, 0.15) is 12.6 Å². The largest absolute Gasteiger partial charge is 0.480 e. The number of fused-ring (bicyclic) bond motifs is 4. The molecule has 1 aromatic heterocycles. The number of aliphatic carboxylic acids is 1. The van der Waals surface area contributed by atoms with Gasteiger partial charge in [-0.15, -0.1) is 0 Å². The van der Waals surface area contributed by atoms with Crippen molar-refractivity contribution in [1.29, 1.82) is 0 Å². The van der Waals surface area contributed by atoms with Crippen molar-refractivity contribution in [3.05, 3.63) is 101 Å². The fourth-order valence-electron chi connectivity index (χ4n) is 4.62. The van der Waals surface area contributed by atoms with Gasteiger partial charge in [0, 0.05) is 23.4 Å². The van der Waals surface area contributed by atoms with Crippen molar-refractivity contribution in [2.75, 3.05) is 6.61 Å². The number of benzene rings is 3. The van der Waals surface area contributed by atoms with Crippen LogP contribution in [-0.2, 0) is 16.0 Å². The molecule has 0 fully saturated rings. The molecule has 6 nitrogen and oxygen atoms in total. The number of nitrogens with zero attached hydrogens (tertiary/aromatic N) is 1. The van der Waals surface area contributed by atoms with E-state index in [1.165, 1.54) is 0 Å². The number of hydrogen-bond donors (Lipinski definition) is 2. The molecule has 170 valence electrons. The molecule has 1 amide bonds. The summed E-state index contributed by atoms with van der Waals surface area (Å²) in [5.74, 6) is -1.20. The SMILES string of the molecule is Cc1ccc2cc(C[C@H](NC(=O)OCC3c4ccccc4-c4ccccc43)C(=O)O)ccc2n1. The first-order valence-corrected chi connectivity index (χ1v) is 11.2. The maximum absolute atomic E-state index is 12.6. The molecule has 0 saturated heterocycles. The molecule has 1 aliphatic carbocycles. The van der Waals surface area contributed by atoms with Crippen LogP contribution in [0.15, 0.2) is 78.9 Å². The summed E-state index contributed by atoms with van der Waals surface area (Å²) in [6.07, 6.45) is -0.601. The Morgan fingerprint density at radius 2 is 1.65 bits per heavy atom. The normalized spacial score (nSPS) is 13.2. The first-order valence-electron chi connectivity index (χ1n) is 11.2. The lowest BCUT2D eigenvalue weighted by Gasteiger charge is -2.17. The van der Waals surface area contributed by atoms with Crippen molar-refractivity contribution < 1.29 is 19.4 Å². The summed E-state index contributed by atoms with van der Waals surface area (Å²) in [6.45, 7) is 2.05. The Morgan fingerprint density at radius 3 is 2.32 bits per heavy atom. The second kappa shape index (κ2) is 8.98. The fourth-order valence-corrected chi connectivity index (χ4v) is 4.62. The summed E-state index contributed by atoms with van der Waals surface area (Å²) < 4.78 is 5.52. The van der Waals surface area contributed by atoms with E-state index in [9.17, 15) is 14.7 Å². The van der Waals surface area contributed by atoms with Gasteiger partial charge in [0.15, 0.2) is 0 Å². The smallest absolute Gasteiger partial charge is 0.407 e.